The third-order valence-electron chi connectivity index (χ3n) is 4.01. The number of nitro groups is 1. The van der Waals surface area contributed by atoms with E-state index in [1.165, 1.54) is 29.0 Å². The van der Waals surface area contributed by atoms with Gasteiger partial charge in [0, 0.05) is 18.6 Å². The highest BCUT2D eigenvalue weighted by Crippen LogP contribution is 2.19. The first kappa shape index (κ1) is 19.4. The summed E-state index contributed by atoms with van der Waals surface area (Å²) in [7, 11) is 1.63. The lowest BCUT2D eigenvalue weighted by molar-refractivity contribution is -0.384. The van der Waals surface area contributed by atoms with Gasteiger partial charge in [0.2, 0.25) is 11.0 Å². The molecule has 0 saturated heterocycles. The second-order valence-corrected chi connectivity index (χ2v) is 7.06. The number of ether oxygens (including phenoxy) is 1. The highest BCUT2D eigenvalue weighted by molar-refractivity contribution is 7.15. The van der Waals surface area contributed by atoms with Gasteiger partial charge in [-0.25, -0.2) is 0 Å². The van der Waals surface area contributed by atoms with E-state index < -0.39 is 4.92 Å². The Morgan fingerprint density at radius 2 is 1.75 bits per heavy atom. The van der Waals surface area contributed by atoms with E-state index in [0.717, 1.165) is 23.6 Å². The summed E-state index contributed by atoms with van der Waals surface area (Å²) in [5.41, 5.74) is 1.85. The largest absolute Gasteiger partial charge is 0.497 e. The molecule has 9 heteroatoms. The van der Waals surface area contributed by atoms with Gasteiger partial charge in [-0.3, -0.25) is 14.9 Å². The zero-order chi connectivity index (χ0) is 19.9. The Balaban J connectivity index is 1.50. The van der Waals surface area contributed by atoms with Gasteiger partial charge < -0.3 is 10.1 Å². The molecule has 3 rings (SSSR count). The summed E-state index contributed by atoms with van der Waals surface area (Å²) in [6.07, 6.45) is 1.65. The number of hydrogen-bond acceptors (Lipinski definition) is 7. The molecule has 0 aliphatic carbocycles. The molecule has 0 radical (unpaired) electrons. The van der Waals surface area contributed by atoms with Crippen LogP contribution in [0.25, 0.3) is 0 Å². The van der Waals surface area contributed by atoms with Crippen LogP contribution < -0.4 is 10.1 Å². The number of benzene rings is 2. The number of carbonyl (C=O) groups is 1. The number of rotatable bonds is 8. The Hall–Kier alpha value is -3.33. The van der Waals surface area contributed by atoms with Crippen LogP contribution >= 0.6 is 11.3 Å². The molecule has 0 fully saturated rings. The molecular weight excluding hydrogens is 380 g/mol. The quantitative estimate of drug-likeness (QED) is 0.460. The number of non-ortho nitro benzene ring substituents is 1. The molecule has 0 spiro atoms. The van der Waals surface area contributed by atoms with Gasteiger partial charge in [-0.1, -0.05) is 35.6 Å². The summed E-state index contributed by atoms with van der Waals surface area (Å²) in [4.78, 5) is 22.3. The highest BCUT2D eigenvalue weighted by Gasteiger charge is 2.11. The van der Waals surface area contributed by atoms with Crippen LogP contribution in [0.5, 0.6) is 5.75 Å². The first-order valence-electron chi connectivity index (χ1n) is 8.52. The number of nitrogens with one attached hydrogen (secondary N) is 1. The van der Waals surface area contributed by atoms with Gasteiger partial charge in [-0.05, 0) is 29.7 Å². The molecule has 1 N–H and O–H groups in total. The molecule has 0 aliphatic heterocycles. The topological polar surface area (TPSA) is 107 Å². The van der Waals surface area contributed by atoms with Gasteiger partial charge in [-0.2, -0.15) is 0 Å². The van der Waals surface area contributed by atoms with Crippen LogP contribution in [0.2, 0.25) is 0 Å². The van der Waals surface area contributed by atoms with Crippen molar-refractivity contribution in [1.29, 1.82) is 0 Å². The predicted molar refractivity (Wildman–Crippen MR) is 106 cm³/mol. The molecule has 3 aromatic rings. The second kappa shape index (κ2) is 9.05. The standard InChI is InChI=1S/C19H18N4O4S/c1-27-16-9-4-13(5-10-16)6-11-18-21-22-19(28-18)20-17(24)12-14-2-7-15(8-3-14)23(25)26/h2-5,7-10H,6,11-12H2,1H3,(H,20,22,24). The molecule has 8 nitrogen and oxygen atoms in total. The molecular formula is C19H18N4O4S. The van der Waals surface area contributed by atoms with Gasteiger partial charge >= 0.3 is 0 Å². The number of nitro benzene ring substituents is 1. The zero-order valence-electron chi connectivity index (χ0n) is 15.1. The minimum Gasteiger partial charge on any atom is -0.497 e. The third-order valence-corrected chi connectivity index (χ3v) is 4.91. The zero-order valence-corrected chi connectivity index (χ0v) is 15.9. The minimum absolute atomic E-state index is 0.00483. The van der Waals surface area contributed by atoms with Crippen molar-refractivity contribution in [2.24, 2.45) is 0 Å². The summed E-state index contributed by atoms with van der Waals surface area (Å²) in [5, 5.41) is 22.8. The summed E-state index contributed by atoms with van der Waals surface area (Å²) < 4.78 is 5.14. The number of anilines is 1. The van der Waals surface area contributed by atoms with Crippen LogP contribution in [-0.4, -0.2) is 28.1 Å². The van der Waals surface area contributed by atoms with Crippen molar-refractivity contribution in [3.05, 3.63) is 74.8 Å². The lowest BCUT2D eigenvalue weighted by Gasteiger charge is -2.02. The number of amides is 1. The maximum atomic E-state index is 12.1. The van der Waals surface area contributed by atoms with Gasteiger partial charge in [0.05, 0.1) is 18.5 Å². The van der Waals surface area contributed by atoms with E-state index in [2.05, 4.69) is 15.5 Å². The van der Waals surface area contributed by atoms with Gasteiger partial charge in [0.25, 0.3) is 5.69 Å². The van der Waals surface area contributed by atoms with E-state index in [1.807, 2.05) is 24.3 Å². The van der Waals surface area contributed by atoms with Crippen molar-refractivity contribution < 1.29 is 14.5 Å². The Morgan fingerprint density at radius 1 is 1.07 bits per heavy atom. The monoisotopic (exact) mass is 398 g/mol. The van der Waals surface area contributed by atoms with Crippen LogP contribution in [0.4, 0.5) is 10.8 Å². The van der Waals surface area contributed by atoms with Crippen LogP contribution in [0.3, 0.4) is 0 Å². The molecule has 1 heterocycles. The van der Waals surface area contributed by atoms with Crippen LogP contribution in [-0.2, 0) is 24.1 Å². The van der Waals surface area contributed by atoms with E-state index in [-0.39, 0.29) is 18.0 Å². The number of nitrogens with zero attached hydrogens (tertiary/aromatic N) is 3. The van der Waals surface area contributed by atoms with Crippen LogP contribution in [0, 0.1) is 10.1 Å². The number of hydrogen-bond donors (Lipinski definition) is 1. The van der Waals surface area contributed by atoms with E-state index in [4.69, 9.17) is 4.74 Å². The fraction of sp³-hybridized carbons (Fsp3) is 0.211. The molecule has 1 aromatic heterocycles. The summed E-state index contributed by atoms with van der Waals surface area (Å²) in [5.74, 6) is 0.574. The van der Waals surface area contributed by atoms with Crippen molar-refractivity contribution >= 4 is 28.1 Å². The Bertz CT molecular complexity index is 955. The minimum atomic E-state index is -0.474. The molecule has 1 amide bonds. The van der Waals surface area contributed by atoms with E-state index in [0.29, 0.717) is 10.7 Å². The molecule has 2 aromatic carbocycles. The average Bonchev–Trinajstić information content (AvgIpc) is 3.14. The Labute approximate surface area is 165 Å². The van der Waals surface area contributed by atoms with Crippen molar-refractivity contribution in [3.63, 3.8) is 0 Å². The predicted octanol–water partition coefficient (Wildman–Crippen LogP) is 3.42. The lowest BCUT2D eigenvalue weighted by atomic mass is 10.1. The maximum absolute atomic E-state index is 12.1. The summed E-state index contributed by atoms with van der Waals surface area (Å²) >= 11 is 1.34. The summed E-state index contributed by atoms with van der Waals surface area (Å²) in [6.45, 7) is 0. The maximum Gasteiger partial charge on any atom is 0.269 e. The normalized spacial score (nSPS) is 10.5. The van der Waals surface area contributed by atoms with E-state index >= 15 is 0 Å². The first-order valence-corrected chi connectivity index (χ1v) is 9.33. The SMILES string of the molecule is COc1ccc(CCc2nnc(NC(=O)Cc3ccc([N+](=O)[O-])cc3)s2)cc1. The third kappa shape index (κ3) is 5.34. The van der Waals surface area contributed by atoms with Gasteiger partial charge in [0.1, 0.15) is 10.8 Å². The average molecular weight is 398 g/mol. The molecule has 0 atom stereocenters. The Kier molecular flexibility index (Phi) is 6.28. The molecule has 144 valence electrons. The smallest absolute Gasteiger partial charge is 0.269 e. The van der Waals surface area contributed by atoms with Crippen LogP contribution in [0.1, 0.15) is 16.1 Å². The molecule has 0 bridgehead atoms. The van der Waals surface area contributed by atoms with Crippen LogP contribution in [0.15, 0.2) is 48.5 Å². The number of aryl methyl sites for hydroxylation is 2. The van der Waals surface area contributed by atoms with Crippen molar-refractivity contribution in [2.75, 3.05) is 12.4 Å². The summed E-state index contributed by atoms with van der Waals surface area (Å²) in [6, 6.07) is 13.7. The van der Waals surface area contributed by atoms with Crippen molar-refractivity contribution in [2.45, 2.75) is 19.3 Å². The van der Waals surface area contributed by atoms with E-state index in [9.17, 15) is 14.9 Å². The molecule has 0 aliphatic rings. The highest BCUT2D eigenvalue weighted by atomic mass is 32.1. The number of aromatic nitrogens is 2. The molecule has 0 unspecified atom stereocenters. The van der Waals surface area contributed by atoms with Crippen molar-refractivity contribution in [3.8, 4) is 5.75 Å². The fourth-order valence-electron chi connectivity index (χ4n) is 2.53. The second-order valence-electron chi connectivity index (χ2n) is 6.00. The fourth-order valence-corrected chi connectivity index (χ4v) is 3.29. The molecule has 0 saturated carbocycles. The first-order chi connectivity index (χ1) is 13.5. The van der Waals surface area contributed by atoms with E-state index in [1.54, 1.807) is 19.2 Å². The Morgan fingerprint density at radius 3 is 2.39 bits per heavy atom. The number of carbonyl (C=O) groups excluding carboxylic acids is 1. The lowest BCUT2D eigenvalue weighted by Crippen LogP contribution is -2.14. The number of methoxy groups -OCH3 is 1. The van der Waals surface area contributed by atoms with Gasteiger partial charge in [0.15, 0.2) is 0 Å². The molecule has 28 heavy (non-hydrogen) atoms. The van der Waals surface area contributed by atoms with Crippen molar-refractivity contribution in [1.82, 2.24) is 10.2 Å². The van der Waals surface area contributed by atoms with Gasteiger partial charge in [-0.15, -0.1) is 10.2 Å².